The zero-order chi connectivity index (χ0) is 17.6. The van der Waals surface area contributed by atoms with Crippen LogP contribution in [0.25, 0.3) is 10.9 Å². The number of H-pyrrole nitrogens is 1. The van der Waals surface area contributed by atoms with Gasteiger partial charge in [0.05, 0.1) is 0 Å². The maximum absolute atomic E-state index is 13.1. The Hall–Kier alpha value is -2.62. The normalized spacial score (nSPS) is 14.2. The molecule has 3 nitrogen and oxygen atoms in total. The van der Waals surface area contributed by atoms with Crippen LogP contribution in [0.3, 0.4) is 0 Å². The molecule has 0 unspecified atom stereocenters. The average Bonchev–Trinajstić information content (AvgIpc) is 2.98. The first-order chi connectivity index (χ1) is 12.0. The van der Waals surface area contributed by atoms with Crippen LogP contribution in [-0.4, -0.2) is 22.3 Å². The lowest BCUT2D eigenvalue weighted by atomic mass is 9.98. The maximum atomic E-state index is 13.1. The van der Waals surface area contributed by atoms with Crippen LogP contribution in [0, 0.1) is 5.82 Å². The molecule has 0 saturated heterocycles. The number of carbonyl (C=O) groups is 1. The first-order valence-electron chi connectivity index (χ1n) is 8.71. The molecule has 0 radical (unpaired) electrons. The molecule has 1 aromatic heterocycles. The van der Waals surface area contributed by atoms with Gasteiger partial charge in [0.15, 0.2) is 0 Å². The summed E-state index contributed by atoms with van der Waals surface area (Å²) in [6, 6.07) is 12.3. The van der Waals surface area contributed by atoms with E-state index < -0.39 is 0 Å². The number of fused-ring (bicyclic) bond motifs is 3. The standard InChI is InChI=1S/C21H21FN2O/c1-13(2)15-5-8-19-17(11-15)18-12-24(10-9-20(18)23-19)21(25)14-3-6-16(22)7-4-14/h3-8,11,13,23H,9-10,12H2,1-2H3. The number of carbonyl (C=O) groups excluding carboxylic acids is 1. The molecule has 2 aromatic carbocycles. The smallest absolute Gasteiger partial charge is 0.254 e. The van der Waals surface area contributed by atoms with Crippen LogP contribution in [0.5, 0.6) is 0 Å². The number of amides is 1. The van der Waals surface area contributed by atoms with Gasteiger partial charge in [-0.1, -0.05) is 19.9 Å². The fraction of sp³-hybridized carbons (Fsp3) is 0.286. The average molecular weight is 336 g/mol. The molecule has 25 heavy (non-hydrogen) atoms. The van der Waals surface area contributed by atoms with Crippen molar-refractivity contribution in [2.45, 2.75) is 32.7 Å². The molecule has 1 amide bonds. The second kappa shape index (κ2) is 6.03. The molecule has 128 valence electrons. The van der Waals surface area contributed by atoms with Gasteiger partial charge in [-0.3, -0.25) is 4.79 Å². The highest BCUT2D eigenvalue weighted by atomic mass is 19.1. The van der Waals surface area contributed by atoms with E-state index in [0.717, 1.165) is 11.9 Å². The number of rotatable bonds is 2. The zero-order valence-corrected chi connectivity index (χ0v) is 14.5. The van der Waals surface area contributed by atoms with E-state index in [0.29, 0.717) is 24.6 Å². The summed E-state index contributed by atoms with van der Waals surface area (Å²) in [5, 5.41) is 1.21. The molecule has 4 rings (SSSR count). The van der Waals surface area contributed by atoms with Gasteiger partial charge in [0.1, 0.15) is 5.82 Å². The fourth-order valence-electron chi connectivity index (χ4n) is 3.54. The van der Waals surface area contributed by atoms with E-state index in [2.05, 4.69) is 37.0 Å². The highest BCUT2D eigenvalue weighted by molar-refractivity contribution is 5.95. The summed E-state index contributed by atoms with van der Waals surface area (Å²) in [5.41, 5.74) is 5.40. The Kier molecular flexibility index (Phi) is 3.83. The fourth-order valence-corrected chi connectivity index (χ4v) is 3.54. The largest absolute Gasteiger partial charge is 0.358 e. The Bertz CT molecular complexity index is 940. The van der Waals surface area contributed by atoms with Crippen LogP contribution in [0.2, 0.25) is 0 Å². The predicted molar refractivity (Wildman–Crippen MR) is 97.2 cm³/mol. The molecule has 0 aliphatic carbocycles. The Morgan fingerprint density at radius 1 is 1.16 bits per heavy atom. The van der Waals surface area contributed by atoms with Gasteiger partial charge in [0.2, 0.25) is 0 Å². The van der Waals surface area contributed by atoms with Crippen molar-refractivity contribution in [1.29, 1.82) is 0 Å². The van der Waals surface area contributed by atoms with E-state index in [9.17, 15) is 9.18 Å². The summed E-state index contributed by atoms with van der Waals surface area (Å²) < 4.78 is 13.1. The Morgan fingerprint density at radius 3 is 2.64 bits per heavy atom. The van der Waals surface area contributed by atoms with Crippen molar-refractivity contribution >= 4 is 16.8 Å². The molecule has 0 atom stereocenters. The third-order valence-electron chi connectivity index (χ3n) is 5.04. The summed E-state index contributed by atoms with van der Waals surface area (Å²) in [7, 11) is 0. The van der Waals surface area contributed by atoms with Gasteiger partial charge in [-0.05, 0) is 47.9 Å². The van der Waals surface area contributed by atoms with Crippen molar-refractivity contribution in [1.82, 2.24) is 9.88 Å². The van der Waals surface area contributed by atoms with Crippen LogP contribution in [-0.2, 0) is 13.0 Å². The minimum atomic E-state index is -0.324. The SMILES string of the molecule is CC(C)c1ccc2[nH]c3c(c2c1)CN(C(=O)c1ccc(F)cc1)CC3. The minimum Gasteiger partial charge on any atom is -0.358 e. The number of hydrogen-bond donors (Lipinski definition) is 1. The molecule has 1 N–H and O–H groups in total. The number of aromatic nitrogens is 1. The van der Waals surface area contributed by atoms with Gasteiger partial charge in [-0.25, -0.2) is 4.39 Å². The van der Waals surface area contributed by atoms with Crippen LogP contribution < -0.4 is 0 Å². The molecule has 0 saturated carbocycles. The Labute approximate surface area is 146 Å². The molecular formula is C21H21FN2O. The first-order valence-corrected chi connectivity index (χ1v) is 8.71. The summed E-state index contributed by atoms with van der Waals surface area (Å²) in [4.78, 5) is 18.1. The van der Waals surface area contributed by atoms with Crippen LogP contribution in [0.1, 0.15) is 46.9 Å². The number of hydrogen-bond acceptors (Lipinski definition) is 1. The topological polar surface area (TPSA) is 36.1 Å². The number of benzene rings is 2. The Morgan fingerprint density at radius 2 is 1.92 bits per heavy atom. The molecule has 0 bridgehead atoms. The number of nitrogens with zero attached hydrogens (tertiary/aromatic N) is 1. The lowest BCUT2D eigenvalue weighted by molar-refractivity contribution is 0.0735. The summed E-state index contributed by atoms with van der Waals surface area (Å²) >= 11 is 0. The molecule has 2 heterocycles. The third kappa shape index (κ3) is 2.82. The first kappa shape index (κ1) is 15.9. The molecule has 1 aliphatic heterocycles. The molecule has 3 aromatic rings. The van der Waals surface area contributed by atoms with Crippen molar-refractivity contribution in [2.75, 3.05) is 6.54 Å². The van der Waals surface area contributed by atoms with Crippen molar-refractivity contribution < 1.29 is 9.18 Å². The molecule has 1 aliphatic rings. The van der Waals surface area contributed by atoms with E-state index in [-0.39, 0.29) is 11.7 Å². The number of aromatic amines is 1. The van der Waals surface area contributed by atoms with Crippen molar-refractivity contribution in [2.24, 2.45) is 0 Å². The molecule has 0 fully saturated rings. The van der Waals surface area contributed by atoms with E-state index >= 15 is 0 Å². The maximum Gasteiger partial charge on any atom is 0.254 e. The molecule has 0 spiro atoms. The highest BCUT2D eigenvalue weighted by Gasteiger charge is 2.25. The van der Waals surface area contributed by atoms with E-state index in [1.165, 1.54) is 34.3 Å². The van der Waals surface area contributed by atoms with Crippen molar-refractivity contribution in [3.63, 3.8) is 0 Å². The van der Waals surface area contributed by atoms with E-state index in [1.807, 2.05) is 4.90 Å². The summed E-state index contributed by atoms with van der Waals surface area (Å²) in [6.07, 6.45) is 0.813. The van der Waals surface area contributed by atoms with Crippen LogP contribution >= 0.6 is 0 Å². The van der Waals surface area contributed by atoms with Gasteiger partial charge in [-0.15, -0.1) is 0 Å². The predicted octanol–water partition coefficient (Wildman–Crippen LogP) is 4.63. The number of halogens is 1. The van der Waals surface area contributed by atoms with Crippen molar-refractivity contribution in [3.8, 4) is 0 Å². The van der Waals surface area contributed by atoms with Gasteiger partial charge in [0.25, 0.3) is 5.91 Å². The lowest BCUT2D eigenvalue weighted by Crippen LogP contribution is -2.35. The monoisotopic (exact) mass is 336 g/mol. The summed E-state index contributed by atoms with van der Waals surface area (Å²) in [6.45, 7) is 5.63. The van der Waals surface area contributed by atoms with Crippen molar-refractivity contribution in [3.05, 3.63) is 70.7 Å². The van der Waals surface area contributed by atoms with Gasteiger partial charge < -0.3 is 9.88 Å². The number of nitrogens with one attached hydrogen (secondary N) is 1. The minimum absolute atomic E-state index is 0.0417. The summed E-state index contributed by atoms with van der Waals surface area (Å²) in [5.74, 6) is 0.103. The molecular weight excluding hydrogens is 315 g/mol. The zero-order valence-electron chi connectivity index (χ0n) is 14.5. The quantitative estimate of drug-likeness (QED) is 0.728. The van der Waals surface area contributed by atoms with Gasteiger partial charge in [-0.2, -0.15) is 0 Å². The van der Waals surface area contributed by atoms with E-state index in [4.69, 9.17) is 0 Å². The second-order valence-electron chi connectivity index (χ2n) is 7.03. The third-order valence-corrected chi connectivity index (χ3v) is 5.04. The molecule has 4 heteroatoms. The van der Waals surface area contributed by atoms with Gasteiger partial charge >= 0.3 is 0 Å². The van der Waals surface area contributed by atoms with Crippen LogP contribution in [0.4, 0.5) is 4.39 Å². The second-order valence-corrected chi connectivity index (χ2v) is 7.03. The lowest BCUT2D eigenvalue weighted by Gasteiger charge is -2.27. The van der Waals surface area contributed by atoms with E-state index in [1.54, 1.807) is 12.1 Å². The van der Waals surface area contributed by atoms with Gasteiger partial charge in [0, 0.05) is 47.2 Å². The Balaban J connectivity index is 1.67. The highest BCUT2D eigenvalue weighted by Crippen LogP contribution is 2.30. The van der Waals surface area contributed by atoms with Crippen LogP contribution in [0.15, 0.2) is 42.5 Å².